The van der Waals surface area contributed by atoms with Gasteiger partial charge in [0.15, 0.2) is 0 Å². The molecule has 0 atom stereocenters. The number of carbonyl (C=O) groups is 1. The van der Waals surface area contributed by atoms with Crippen molar-refractivity contribution in [3.8, 4) is 5.75 Å². The molecule has 6 heteroatoms. The van der Waals surface area contributed by atoms with E-state index in [1.54, 1.807) is 6.07 Å². The van der Waals surface area contributed by atoms with E-state index in [0.717, 1.165) is 31.5 Å². The standard InChI is InChI=1S/C13H17BrN2O2.ClH/c14-11-7-9(1-2-12(11)17)8-16-13(18)10-3-5-15-6-4-10;/h1-2,7,10,15,17H,3-6,8H2,(H,16,18);1H. The van der Waals surface area contributed by atoms with Gasteiger partial charge in [0.1, 0.15) is 5.75 Å². The second-order valence-electron chi connectivity index (χ2n) is 4.53. The van der Waals surface area contributed by atoms with E-state index in [1.807, 2.05) is 12.1 Å². The van der Waals surface area contributed by atoms with Crippen LogP contribution in [-0.2, 0) is 11.3 Å². The quantitative estimate of drug-likeness (QED) is 0.784. The van der Waals surface area contributed by atoms with Crippen molar-refractivity contribution in [3.05, 3.63) is 28.2 Å². The van der Waals surface area contributed by atoms with Gasteiger partial charge >= 0.3 is 0 Å². The van der Waals surface area contributed by atoms with Gasteiger partial charge in [-0.05, 0) is 59.6 Å². The number of nitrogens with one attached hydrogen (secondary N) is 2. The molecule has 2 rings (SSSR count). The number of hydrogen-bond donors (Lipinski definition) is 3. The molecule has 0 spiro atoms. The van der Waals surface area contributed by atoms with Gasteiger partial charge in [-0.1, -0.05) is 6.07 Å². The Kier molecular flexibility index (Phi) is 6.62. The van der Waals surface area contributed by atoms with Gasteiger partial charge in [-0.3, -0.25) is 4.79 Å². The molecule has 0 radical (unpaired) electrons. The molecule has 0 bridgehead atoms. The summed E-state index contributed by atoms with van der Waals surface area (Å²) in [7, 11) is 0. The fourth-order valence-corrected chi connectivity index (χ4v) is 2.50. The molecule has 1 fully saturated rings. The molecular weight excluding hydrogens is 332 g/mol. The van der Waals surface area contributed by atoms with E-state index in [-0.39, 0.29) is 30.0 Å². The summed E-state index contributed by atoms with van der Waals surface area (Å²) in [5, 5.41) is 15.6. The highest BCUT2D eigenvalue weighted by Crippen LogP contribution is 2.24. The molecule has 0 aromatic heterocycles. The van der Waals surface area contributed by atoms with Crippen LogP contribution in [0.25, 0.3) is 0 Å². The predicted molar refractivity (Wildman–Crippen MR) is 80.5 cm³/mol. The van der Waals surface area contributed by atoms with Crippen molar-refractivity contribution in [1.82, 2.24) is 10.6 Å². The first-order chi connectivity index (χ1) is 8.66. The van der Waals surface area contributed by atoms with Crippen LogP contribution in [0.1, 0.15) is 18.4 Å². The number of amides is 1. The molecule has 0 saturated carbocycles. The predicted octanol–water partition coefficient (Wildman–Crippen LogP) is 2.19. The van der Waals surface area contributed by atoms with E-state index < -0.39 is 0 Å². The highest BCUT2D eigenvalue weighted by atomic mass is 79.9. The highest BCUT2D eigenvalue weighted by molar-refractivity contribution is 9.10. The molecule has 106 valence electrons. The van der Waals surface area contributed by atoms with Crippen LogP contribution in [-0.4, -0.2) is 24.1 Å². The van der Waals surface area contributed by atoms with Gasteiger partial charge in [-0.25, -0.2) is 0 Å². The van der Waals surface area contributed by atoms with E-state index in [9.17, 15) is 9.90 Å². The van der Waals surface area contributed by atoms with Crippen LogP contribution in [0.3, 0.4) is 0 Å². The van der Waals surface area contributed by atoms with E-state index in [0.29, 0.717) is 11.0 Å². The Hall–Kier alpha value is -0.780. The summed E-state index contributed by atoms with van der Waals surface area (Å²) >= 11 is 3.26. The summed E-state index contributed by atoms with van der Waals surface area (Å²) in [5.41, 5.74) is 0.974. The van der Waals surface area contributed by atoms with E-state index in [2.05, 4.69) is 26.6 Å². The number of carbonyl (C=O) groups excluding carboxylic acids is 1. The van der Waals surface area contributed by atoms with Crippen molar-refractivity contribution in [2.24, 2.45) is 5.92 Å². The van der Waals surface area contributed by atoms with Crippen molar-refractivity contribution >= 4 is 34.2 Å². The molecule has 1 aliphatic rings. The lowest BCUT2D eigenvalue weighted by Gasteiger charge is -2.21. The average molecular weight is 350 g/mol. The maximum atomic E-state index is 11.9. The minimum atomic E-state index is 0. The van der Waals surface area contributed by atoms with Crippen LogP contribution in [0.2, 0.25) is 0 Å². The van der Waals surface area contributed by atoms with Crippen molar-refractivity contribution in [2.75, 3.05) is 13.1 Å². The molecule has 0 aliphatic carbocycles. The Morgan fingerprint density at radius 3 is 2.74 bits per heavy atom. The zero-order chi connectivity index (χ0) is 13.0. The maximum absolute atomic E-state index is 11.9. The number of halogens is 2. The van der Waals surface area contributed by atoms with Crippen LogP contribution in [0.4, 0.5) is 0 Å². The molecule has 4 nitrogen and oxygen atoms in total. The van der Waals surface area contributed by atoms with E-state index in [1.165, 1.54) is 0 Å². The smallest absolute Gasteiger partial charge is 0.223 e. The van der Waals surface area contributed by atoms with E-state index in [4.69, 9.17) is 0 Å². The minimum Gasteiger partial charge on any atom is -0.507 e. The number of aromatic hydroxyl groups is 1. The number of benzene rings is 1. The summed E-state index contributed by atoms with van der Waals surface area (Å²) in [6, 6.07) is 5.25. The topological polar surface area (TPSA) is 61.4 Å². The van der Waals surface area contributed by atoms with Gasteiger partial charge in [0.2, 0.25) is 5.91 Å². The largest absolute Gasteiger partial charge is 0.507 e. The zero-order valence-corrected chi connectivity index (χ0v) is 12.9. The Bertz CT molecular complexity index is 437. The summed E-state index contributed by atoms with van der Waals surface area (Å²) in [4.78, 5) is 11.9. The fourth-order valence-electron chi connectivity index (χ4n) is 2.08. The zero-order valence-electron chi connectivity index (χ0n) is 10.5. The number of hydrogen-bond acceptors (Lipinski definition) is 3. The molecule has 0 unspecified atom stereocenters. The fraction of sp³-hybridized carbons (Fsp3) is 0.462. The molecule has 1 amide bonds. The van der Waals surface area contributed by atoms with Crippen LogP contribution in [0, 0.1) is 5.92 Å². The third-order valence-electron chi connectivity index (χ3n) is 3.19. The first-order valence-electron chi connectivity index (χ1n) is 6.12. The summed E-state index contributed by atoms with van der Waals surface area (Å²) in [6.07, 6.45) is 1.82. The third-order valence-corrected chi connectivity index (χ3v) is 3.82. The monoisotopic (exact) mass is 348 g/mol. The van der Waals surface area contributed by atoms with Crippen LogP contribution < -0.4 is 10.6 Å². The average Bonchev–Trinajstić information content (AvgIpc) is 2.41. The van der Waals surface area contributed by atoms with Crippen molar-refractivity contribution in [2.45, 2.75) is 19.4 Å². The molecule has 1 aliphatic heterocycles. The summed E-state index contributed by atoms with van der Waals surface area (Å²) in [6.45, 7) is 2.34. The first kappa shape index (κ1) is 16.3. The second-order valence-corrected chi connectivity index (χ2v) is 5.38. The molecule has 3 N–H and O–H groups in total. The molecular formula is C13H18BrClN2O2. The molecule has 1 aromatic carbocycles. The normalized spacial score (nSPS) is 15.6. The van der Waals surface area contributed by atoms with Crippen LogP contribution in [0.15, 0.2) is 22.7 Å². The molecule has 1 heterocycles. The maximum Gasteiger partial charge on any atom is 0.223 e. The van der Waals surface area contributed by atoms with Crippen LogP contribution in [0.5, 0.6) is 5.75 Å². The van der Waals surface area contributed by atoms with Crippen molar-refractivity contribution in [1.29, 1.82) is 0 Å². The van der Waals surface area contributed by atoms with Gasteiger partial charge < -0.3 is 15.7 Å². The number of phenolic OH excluding ortho intramolecular Hbond substituents is 1. The van der Waals surface area contributed by atoms with E-state index >= 15 is 0 Å². The van der Waals surface area contributed by atoms with Gasteiger partial charge in [0.25, 0.3) is 0 Å². The number of piperidine rings is 1. The van der Waals surface area contributed by atoms with Gasteiger partial charge in [0, 0.05) is 12.5 Å². The minimum absolute atomic E-state index is 0. The van der Waals surface area contributed by atoms with Crippen molar-refractivity contribution in [3.63, 3.8) is 0 Å². The summed E-state index contributed by atoms with van der Waals surface area (Å²) in [5.74, 6) is 0.468. The Labute approximate surface area is 127 Å². The highest BCUT2D eigenvalue weighted by Gasteiger charge is 2.20. The lowest BCUT2D eigenvalue weighted by molar-refractivity contribution is -0.125. The second kappa shape index (κ2) is 7.72. The Morgan fingerprint density at radius 1 is 1.42 bits per heavy atom. The van der Waals surface area contributed by atoms with Gasteiger partial charge in [-0.15, -0.1) is 12.4 Å². The lowest BCUT2D eigenvalue weighted by Crippen LogP contribution is -2.37. The number of rotatable bonds is 3. The Balaban J connectivity index is 0.00000180. The first-order valence-corrected chi connectivity index (χ1v) is 6.92. The molecule has 1 aromatic rings. The SMILES string of the molecule is Cl.O=C(NCc1ccc(O)c(Br)c1)C1CCNCC1. The van der Waals surface area contributed by atoms with Gasteiger partial charge in [0.05, 0.1) is 4.47 Å². The molecule has 1 saturated heterocycles. The Morgan fingerprint density at radius 2 is 2.11 bits per heavy atom. The van der Waals surface area contributed by atoms with Gasteiger partial charge in [-0.2, -0.15) is 0 Å². The van der Waals surface area contributed by atoms with Crippen molar-refractivity contribution < 1.29 is 9.90 Å². The third kappa shape index (κ3) is 4.67. The lowest BCUT2D eigenvalue weighted by atomic mass is 9.97. The number of phenols is 1. The van der Waals surface area contributed by atoms with Crippen LogP contribution >= 0.6 is 28.3 Å². The molecule has 19 heavy (non-hydrogen) atoms. The summed E-state index contributed by atoms with van der Waals surface area (Å²) < 4.78 is 0.649.